The molecule has 6 heteroatoms. The summed E-state index contributed by atoms with van der Waals surface area (Å²) in [5, 5.41) is 3.52. The molecule has 1 aliphatic heterocycles. The van der Waals surface area contributed by atoms with Crippen molar-refractivity contribution in [2.75, 3.05) is 18.0 Å². The minimum atomic E-state index is -0.642. The van der Waals surface area contributed by atoms with E-state index >= 15 is 0 Å². The van der Waals surface area contributed by atoms with Gasteiger partial charge in [0.2, 0.25) is 0 Å². The van der Waals surface area contributed by atoms with E-state index in [-0.39, 0.29) is 12.6 Å². The fourth-order valence-corrected chi connectivity index (χ4v) is 2.70. The van der Waals surface area contributed by atoms with E-state index in [2.05, 4.69) is 22.2 Å². The molecule has 0 aromatic heterocycles. The SMILES string of the molecule is [N-]=[N+]=NC[C@H]1CN(c2ccc(-c3ccccc3)cc2)C(C=O)O1. The van der Waals surface area contributed by atoms with Crippen molar-refractivity contribution in [1.29, 1.82) is 0 Å². The van der Waals surface area contributed by atoms with Gasteiger partial charge in [-0.1, -0.05) is 47.6 Å². The molecule has 2 aromatic rings. The summed E-state index contributed by atoms with van der Waals surface area (Å²) in [6.45, 7) is 0.743. The first kappa shape index (κ1) is 15.1. The quantitative estimate of drug-likeness (QED) is 0.367. The second kappa shape index (κ2) is 6.96. The van der Waals surface area contributed by atoms with E-state index in [9.17, 15) is 4.79 Å². The summed E-state index contributed by atoms with van der Waals surface area (Å²) in [6, 6.07) is 18.1. The smallest absolute Gasteiger partial charge is 0.187 e. The lowest BCUT2D eigenvalue weighted by Crippen LogP contribution is -2.31. The zero-order valence-corrected chi connectivity index (χ0v) is 12.4. The molecule has 1 heterocycles. The van der Waals surface area contributed by atoms with Crippen LogP contribution in [0.5, 0.6) is 0 Å². The van der Waals surface area contributed by atoms with E-state index < -0.39 is 6.23 Å². The summed E-state index contributed by atoms with van der Waals surface area (Å²) in [6.07, 6.45) is -0.146. The van der Waals surface area contributed by atoms with Crippen molar-refractivity contribution in [1.82, 2.24) is 0 Å². The molecule has 0 amide bonds. The van der Waals surface area contributed by atoms with Gasteiger partial charge in [0.15, 0.2) is 12.5 Å². The monoisotopic (exact) mass is 308 g/mol. The van der Waals surface area contributed by atoms with Crippen LogP contribution in [0.1, 0.15) is 0 Å². The average molecular weight is 308 g/mol. The van der Waals surface area contributed by atoms with Gasteiger partial charge in [0.05, 0.1) is 12.6 Å². The highest BCUT2D eigenvalue weighted by Gasteiger charge is 2.32. The Morgan fingerprint density at radius 1 is 1.17 bits per heavy atom. The molecule has 1 unspecified atom stereocenters. The van der Waals surface area contributed by atoms with Crippen molar-refractivity contribution in [2.45, 2.75) is 12.3 Å². The molecule has 3 rings (SSSR count). The molecule has 2 aromatic carbocycles. The second-order valence-electron chi connectivity index (χ2n) is 5.26. The molecule has 116 valence electrons. The number of benzene rings is 2. The minimum Gasteiger partial charge on any atom is -0.346 e. The predicted octanol–water partition coefficient (Wildman–Crippen LogP) is 3.39. The Labute approximate surface area is 133 Å². The number of hydrogen-bond acceptors (Lipinski definition) is 4. The zero-order valence-electron chi connectivity index (χ0n) is 12.4. The zero-order chi connectivity index (χ0) is 16.1. The third-order valence-corrected chi connectivity index (χ3v) is 3.81. The molecule has 0 saturated carbocycles. The average Bonchev–Trinajstić information content (AvgIpc) is 3.04. The number of rotatable bonds is 5. The molecule has 0 aliphatic carbocycles. The van der Waals surface area contributed by atoms with Gasteiger partial charge in [-0.3, -0.25) is 4.79 Å². The Kier molecular flexibility index (Phi) is 4.57. The highest BCUT2D eigenvalue weighted by Crippen LogP contribution is 2.27. The first-order chi connectivity index (χ1) is 11.3. The van der Waals surface area contributed by atoms with Crippen molar-refractivity contribution in [3.05, 3.63) is 65.0 Å². The van der Waals surface area contributed by atoms with Gasteiger partial charge >= 0.3 is 0 Å². The van der Waals surface area contributed by atoms with E-state index in [1.807, 2.05) is 47.4 Å². The van der Waals surface area contributed by atoms with Crippen LogP contribution in [0, 0.1) is 0 Å². The molecule has 1 saturated heterocycles. The number of aldehydes is 1. The van der Waals surface area contributed by atoms with Crippen LogP contribution in [0.2, 0.25) is 0 Å². The third-order valence-electron chi connectivity index (χ3n) is 3.81. The van der Waals surface area contributed by atoms with Gasteiger partial charge in [-0.2, -0.15) is 0 Å². The first-order valence-corrected chi connectivity index (χ1v) is 7.35. The lowest BCUT2D eigenvalue weighted by Gasteiger charge is -2.21. The van der Waals surface area contributed by atoms with Crippen molar-refractivity contribution in [2.24, 2.45) is 5.11 Å². The van der Waals surface area contributed by atoms with Crippen LogP contribution in [0.3, 0.4) is 0 Å². The Morgan fingerprint density at radius 3 is 2.52 bits per heavy atom. The first-order valence-electron chi connectivity index (χ1n) is 7.35. The van der Waals surface area contributed by atoms with Crippen LogP contribution in [0.25, 0.3) is 21.6 Å². The number of carbonyl (C=O) groups excluding carboxylic acids is 1. The molecule has 0 bridgehead atoms. The molecule has 2 atom stereocenters. The van der Waals surface area contributed by atoms with E-state index in [4.69, 9.17) is 10.3 Å². The normalized spacial score (nSPS) is 20.1. The highest BCUT2D eigenvalue weighted by molar-refractivity contribution is 5.69. The summed E-state index contributed by atoms with van der Waals surface area (Å²) in [5.41, 5.74) is 11.6. The summed E-state index contributed by atoms with van der Waals surface area (Å²) in [5.74, 6) is 0. The Bertz CT molecular complexity index is 711. The van der Waals surface area contributed by atoms with Crippen LogP contribution in [-0.2, 0) is 9.53 Å². The maximum absolute atomic E-state index is 11.2. The molecule has 0 spiro atoms. The van der Waals surface area contributed by atoms with E-state index in [1.54, 1.807) is 0 Å². The fraction of sp³-hybridized carbons (Fsp3) is 0.235. The van der Waals surface area contributed by atoms with Gasteiger partial charge in [-0.25, -0.2) is 0 Å². The summed E-state index contributed by atoms with van der Waals surface area (Å²) in [7, 11) is 0. The van der Waals surface area contributed by atoms with Gasteiger partial charge in [0.1, 0.15) is 0 Å². The lowest BCUT2D eigenvalue weighted by atomic mass is 10.1. The van der Waals surface area contributed by atoms with E-state index in [1.165, 1.54) is 0 Å². The number of nitrogens with zero attached hydrogens (tertiary/aromatic N) is 4. The van der Waals surface area contributed by atoms with Crippen molar-refractivity contribution < 1.29 is 9.53 Å². The maximum atomic E-state index is 11.2. The molecular formula is C17H16N4O2. The third kappa shape index (κ3) is 3.34. The Hall–Kier alpha value is -2.82. The molecule has 1 aliphatic rings. The van der Waals surface area contributed by atoms with Crippen molar-refractivity contribution in [3.8, 4) is 11.1 Å². The molecule has 0 N–H and O–H groups in total. The minimum absolute atomic E-state index is 0.222. The van der Waals surface area contributed by atoms with Gasteiger partial charge in [0, 0.05) is 17.1 Å². The van der Waals surface area contributed by atoms with Crippen LogP contribution >= 0.6 is 0 Å². The summed E-state index contributed by atoms with van der Waals surface area (Å²) in [4.78, 5) is 15.8. The molecule has 6 nitrogen and oxygen atoms in total. The topological polar surface area (TPSA) is 78.3 Å². The highest BCUT2D eigenvalue weighted by atomic mass is 16.5. The molecular weight excluding hydrogens is 292 g/mol. The largest absolute Gasteiger partial charge is 0.346 e. The summed E-state index contributed by atoms with van der Waals surface area (Å²) >= 11 is 0. The van der Waals surface area contributed by atoms with Crippen LogP contribution in [0.15, 0.2) is 59.7 Å². The lowest BCUT2D eigenvalue weighted by molar-refractivity contribution is -0.117. The van der Waals surface area contributed by atoms with Gasteiger partial charge in [-0.15, -0.1) is 0 Å². The molecule has 1 fully saturated rings. The Morgan fingerprint density at radius 2 is 1.87 bits per heavy atom. The Balaban J connectivity index is 1.78. The van der Waals surface area contributed by atoms with Gasteiger partial charge in [-0.05, 0) is 28.8 Å². The van der Waals surface area contributed by atoms with E-state index in [0.29, 0.717) is 6.54 Å². The number of carbonyl (C=O) groups is 1. The van der Waals surface area contributed by atoms with Gasteiger partial charge < -0.3 is 9.64 Å². The number of azide groups is 1. The second-order valence-corrected chi connectivity index (χ2v) is 5.26. The van der Waals surface area contributed by atoms with E-state index in [0.717, 1.165) is 23.1 Å². The standard InChI is InChI=1S/C17H16N4O2/c18-20-19-10-16-11-21(17(12-22)23-16)15-8-6-14(7-9-15)13-4-2-1-3-5-13/h1-9,12,16-17H,10-11H2/t16-,17?/m0/s1. The van der Waals surface area contributed by atoms with Crippen molar-refractivity contribution >= 4 is 12.0 Å². The number of ether oxygens (including phenoxy) is 1. The summed E-state index contributed by atoms with van der Waals surface area (Å²) < 4.78 is 5.59. The number of hydrogen-bond donors (Lipinski definition) is 0. The van der Waals surface area contributed by atoms with Crippen LogP contribution in [-0.4, -0.2) is 31.7 Å². The predicted molar refractivity (Wildman–Crippen MR) is 88.0 cm³/mol. The molecule has 0 radical (unpaired) electrons. The van der Waals surface area contributed by atoms with Crippen LogP contribution in [0.4, 0.5) is 5.69 Å². The maximum Gasteiger partial charge on any atom is 0.187 e. The number of anilines is 1. The van der Waals surface area contributed by atoms with Gasteiger partial charge in [0.25, 0.3) is 0 Å². The van der Waals surface area contributed by atoms with Crippen LogP contribution < -0.4 is 4.90 Å². The fourth-order valence-electron chi connectivity index (χ4n) is 2.70. The molecule has 23 heavy (non-hydrogen) atoms. The van der Waals surface area contributed by atoms with Crippen molar-refractivity contribution in [3.63, 3.8) is 0 Å².